The molecule has 0 saturated carbocycles. The Morgan fingerprint density at radius 1 is 1.41 bits per heavy atom. The fourth-order valence-electron chi connectivity index (χ4n) is 2.73. The minimum atomic E-state index is 0.348. The van der Waals surface area contributed by atoms with E-state index in [9.17, 15) is 0 Å². The van der Waals surface area contributed by atoms with Crippen LogP contribution in [0.4, 0.5) is 5.69 Å². The van der Waals surface area contributed by atoms with E-state index < -0.39 is 0 Å². The van der Waals surface area contributed by atoms with Gasteiger partial charge in [-0.25, -0.2) is 0 Å². The molecule has 3 nitrogen and oxygen atoms in total. The first-order chi connectivity index (χ1) is 8.33. The predicted molar refractivity (Wildman–Crippen MR) is 69.9 cm³/mol. The number of rotatable bonds is 2. The summed E-state index contributed by atoms with van der Waals surface area (Å²) < 4.78 is 6.03. The van der Waals surface area contributed by atoms with E-state index in [0.717, 1.165) is 31.8 Å². The zero-order valence-corrected chi connectivity index (χ0v) is 10.4. The highest BCUT2D eigenvalue weighted by Crippen LogP contribution is 2.30. The van der Waals surface area contributed by atoms with Crippen molar-refractivity contribution in [2.45, 2.75) is 25.4 Å². The maximum absolute atomic E-state index is 6.03. The standard InChI is InChI=1S/C14H20N2O/c1-16-8-6-11-9-12(4-5-14(11)16)17-13-3-2-7-15-10-13/h4-5,9,13,15H,2-3,6-8,10H2,1H3. The van der Waals surface area contributed by atoms with Crippen LogP contribution in [-0.2, 0) is 6.42 Å². The zero-order valence-electron chi connectivity index (χ0n) is 10.4. The first kappa shape index (κ1) is 10.9. The van der Waals surface area contributed by atoms with Crippen molar-refractivity contribution in [2.24, 2.45) is 0 Å². The topological polar surface area (TPSA) is 24.5 Å². The molecule has 17 heavy (non-hydrogen) atoms. The molecular weight excluding hydrogens is 212 g/mol. The summed E-state index contributed by atoms with van der Waals surface area (Å²) in [5.74, 6) is 1.03. The summed E-state index contributed by atoms with van der Waals surface area (Å²) in [4.78, 5) is 2.31. The summed E-state index contributed by atoms with van der Waals surface area (Å²) in [5.41, 5.74) is 2.79. The van der Waals surface area contributed by atoms with Gasteiger partial charge in [0.2, 0.25) is 0 Å². The molecule has 3 heteroatoms. The molecule has 2 aliphatic rings. The Morgan fingerprint density at radius 3 is 3.18 bits per heavy atom. The van der Waals surface area contributed by atoms with Crippen LogP contribution in [-0.4, -0.2) is 32.8 Å². The van der Waals surface area contributed by atoms with E-state index in [-0.39, 0.29) is 0 Å². The van der Waals surface area contributed by atoms with Crippen molar-refractivity contribution in [1.82, 2.24) is 5.32 Å². The van der Waals surface area contributed by atoms with Gasteiger partial charge in [0.25, 0.3) is 0 Å². The highest BCUT2D eigenvalue weighted by Gasteiger charge is 2.18. The van der Waals surface area contributed by atoms with Crippen molar-refractivity contribution < 1.29 is 4.74 Å². The molecule has 1 aromatic rings. The number of hydrogen-bond acceptors (Lipinski definition) is 3. The molecule has 2 aliphatic heterocycles. The minimum absolute atomic E-state index is 0.348. The molecule has 0 spiro atoms. The molecule has 3 rings (SSSR count). The molecule has 0 amide bonds. The second-order valence-corrected chi connectivity index (χ2v) is 5.05. The first-order valence-electron chi connectivity index (χ1n) is 6.54. The molecule has 1 aromatic carbocycles. The lowest BCUT2D eigenvalue weighted by molar-refractivity contribution is 0.167. The number of benzene rings is 1. The molecular formula is C14H20N2O. The van der Waals surface area contributed by atoms with E-state index in [0.29, 0.717) is 6.10 Å². The van der Waals surface area contributed by atoms with Gasteiger partial charge in [0, 0.05) is 25.8 Å². The van der Waals surface area contributed by atoms with Crippen molar-refractivity contribution in [3.05, 3.63) is 23.8 Å². The minimum Gasteiger partial charge on any atom is -0.489 e. The summed E-state index contributed by atoms with van der Waals surface area (Å²) in [5, 5.41) is 3.38. The molecule has 0 aromatic heterocycles. The number of anilines is 1. The third-order valence-electron chi connectivity index (χ3n) is 3.73. The molecule has 1 saturated heterocycles. The van der Waals surface area contributed by atoms with Crippen molar-refractivity contribution >= 4 is 5.69 Å². The number of fused-ring (bicyclic) bond motifs is 1. The van der Waals surface area contributed by atoms with Gasteiger partial charge in [-0.2, -0.15) is 0 Å². The van der Waals surface area contributed by atoms with Gasteiger partial charge in [0.15, 0.2) is 0 Å². The maximum atomic E-state index is 6.03. The quantitative estimate of drug-likeness (QED) is 0.841. The lowest BCUT2D eigenvalue weighted by Crippen LogP contribution is -2.37. The second-order valence-electron chi connectivity index (χ2n) is 5.05. The highest BCUT2D eigenvalue weighted by molar-refractivity contribution is 5.59. The predicted octanol–water partition coefficient (Wildman–Crippen LogP) is 1.81. The Balaban J connectivity index is 1.71. The summed E-state index contributed by atoms with van der Waals surface area (Å²) in [6, 6.07) is 6.51. The van der Waals surface area contributed by atoms with Gasteiger partial charge in [-0.3, -0.25) is 0 Å². The average Bonchev–Trinajstić information content (AvgIpc) is 2.72. The fourth-order valence-corrected chi connectivity index (χ4v) is 2.73. The molecule has 1 fully saturated rings. The van der Waals surface area contributed by atoms with E-state index in [4.69, 9.17) is 4.74 Å². The third kappa shape index (κ3) is 2.25. The Bertz CT molecular complexity index is 399. The summed E-state index contributed by atoms with van der Waals surface area (Å²) >= 11 is 0. The van der Waals surface area contributed by atoms with Crippen LogP contribution in [0.1, 0.15) is 18.4 Å². The lowest BCUT2D eigenvalue weighted by atomic mass is 10.1. The van der Waals surface area contributed by atoms with Gasteiger partial charge < -0.3 is 15.0 Å². The summed E-state index contributed by atoms with van der Waals surface area (Å²) in [7, 11) is 2.15. The Labute approximate surface area is 103 Å². The number of hydrogen-bond donors (Lipinski definition) is 1. The van der Waals surface area contributed by atoms with Gasteiger partial charge in [0.05, 0.1) is 0 Å². The van der Waals surface area contributed by atoms with Crippen LogP contribution < -0.4 is 15.0 Å². The highest BCUT2D eigenvalue weighted by atomic mass is 16.5. The molecule has 92 valence electrons. The van der Waals surface area contributed by atoms with Crippen LogP contribution in [0.5, 0.6) is 5.75 Å². The largest absolute Gasteiger partial charge is 0.489 e. The van der Waals surface area contributed by atoms with Crippen LogP contribution in [0, 0.1) is 0 Å². The zero-order chi connectivity index (χ0) is 11.7. The normalized spacial score (nSPS) is 23.6. The van der Waals surface area contributed by atoms with Crippen LogP contribution in [0.2, 0.25) is 0 Å². The number of likely N-dealkylation sites (N-methyl/N-ethyl adjacent to an activating group) is 1. The lowest BCUT2D eigenvalue weighted by Gasteiger charge is -2.24. The Hall–Kier alpha value is -1.22. The number of piperidine rings is 1. The van der Waals surface area contributed by atoms with E-state index in [2.05, 4.69) is 35.5 Å². The van der Waals surface area contributed by atoms with Gasteiger partial charge in [-0.15, -0.1) is 0 Å². The Morgan fingerprint density at radius 2 is 2.35 bits per heavy atom. The van der Waals surface area contributed by atoms with E-state index in [1.165, 1.54) is 24.1 Å². The number of nitrogens with one attached hydrogen (secondary N) is 1. The van der Waals surface area contributed by atoms with Crippen LogP contribution in [0.15, 0.2) is 18.2 Å². The Kier molecular flexibility index (Phi) is 2.93. The van der Waals surface area contributed by atoms with E-state index in [1.54, 1.807) is 0 Å². The fraction of sp³-hybridized carbons (Fsp3) is 0.571. The van der Waals surface area contributed by atoms with Gasteiger partial charge >= 0.3 is 0 Å². The van der Waals surface area contributed by atoms with Gasteiger partial charge in [-0.1, -0.05) is 0 Å². The SMILES string of the molecule is CN1CCc2cc(OC3CCCNC3)ccc21. The molecule has 0 bridgehead atoms. The maximum Gasteiger partial charge on any atom is 0.120 e. The molecule has 1 unspecified atom stereocenters. The van der Waals surface area contributed by atoms with Crippen molar-refractivity contribution in [3.63, 3.8) is 0 Å². The van der Waals surface area contributed by atoms with Gasteiger partial charge in [0.1, 0.15) is 11.9 Å². The van der Waals surface area contributed by atoms with E-state index >= 15 is 0 Å². The van der Waals surface area contributed by atoms with Crippen molar-refractivity contribution in [3.8, 4) is 5.75 Å². The monoisotopic (exact) mass is 232 g/mol. The van der Waals surface area contributed by atoms with Crippen LogP contribution in [0.25, 0.3) is 0 Å². The molecule has 2 heterocycles. The molecule has 1 N–H and O–H groups in total. The second kappa shape index (κ2) is 4.57. The first-order valence-corrected chi connectivity index (χ1v) is 6.54. The van der Waals surface area contributed by atoms with E-state index in [1.807, 2.05) is 0 Å². The van der Waals surface area contributed by atoms with Crippen molar-refractivity contribution in [1.29, 1.82) is 0 Å². The van der Waals surface area contributed by atoms with Crippen LogP contribution >= 0.6 is 0 Å². The molecule has 1 atom stereocenters. The summed E-state index contributed by atoms with van der Waals surface area (Å²) in [6.45, 7) is 3.25. The number of ether oxygens (including phenoxy) is 1. The number of nitrogens with zero attached hydrogens (tertiary/aromatic N) is 1. The van der Waals surface area contributed by atoms with Crippen molar-refractivity contribution in [2.75, 3.05) is 31.6 Å². The van der Waals surface area contributed by atoms with Gasteiger partial charge in [-0.05, 0) is 49.6 Å². The molecule has 0 radical (unpaired) electrons. The summed E-state index contributed by atoms with van der Waals surface area (Å²) in [6.07, 6.45) is 3.88. The molecule has 0 aliphatic carbocycles. The average molecular weight is 232 g/mol. The van der Waals surface area contributed by atoms with Crippen LogP contribution in [0.3, 0.4) is 0 Å². The smallest absolute Gasteiger partial charge is 0.120 e. The third-order valence-corrected chi connectivity index (χ3v) is 3.73.